The average Bonchev–Trinajstić information content (AvgIpc) is 2.99. The number of piperazine rings is 1. The summed E-state index contributed by atoms with van der Waals surface area (Å²) < 4.78 is 17.2. The van der Waals surface area contributed by atoms with E-state index < -0.39 is 5.91 Å². The molecule has 41 heavy (non-hydrogen) atoms. The fourth-order valence-electron chi connectivity index (χ4n) is 4.62. The first-order chi connectivity index (χ1) is 19.9. The molecule has 0 spiro atoms. The fourth-order valence-corrected chi connectivity index (χ4v) is 4.82. The monoisotopic (exact) mass is 576 g/mol. The zero-order valence-electron chi connectivity index (χ0n) is 23.6. The Morgan fingerprint density at radius 1 is 0.780 bits per heavy atom. The highest BCUT2D eigenvalue weighted by Gasteiger charge is 2.24. The van der Waals surface area contributed by atoms with Crippen LogP contribution in [0.1, 0.15) is 41.5 Å². The maximum absolute atomic E-state index is 13.2. The number of rotatable bonds is 10. The van der Waals surface area contributed by atoms with Gasteiger partial charge in [-0.2, -0.15) is 0 Å². The van der Waals surface area contributed by atoms with Gasteiger partial charge >= 0.3 is 0 Å². The lowest BCUT2D eigenvalue weighted by Crippen LogP contribution is -2.49. The van der Waals surface area contributed by atoms with Crippen molar-refractivity contribution in [2.75, 3.05) is 56.2 Å². The third-order valence-corrected chi connectivity index (χ3v) is 6.68. The molecular formula is C31H36N4O5S. The van der Waals surface area contributed by atoms with Gasteiger partial charge in [-0.15, -0.1) is 0 Å². The number of ether oxygens (including phenoxy) is 3. The van der Waals surface area contributed by atoms with E-state index in [0.29, 0.717) is 74.4 Å². The Morgan fingerprint density at radius 3 is 1.98 bits per heavy atom. The Bertz CT molecular complexity index is 1330. The van der Waals surface area contributed by atoms with Crippen molar-refractivity contribution in [1.82, 2.24) is 10.2 Å². The molecule has 1 saturated heterocycles. The Kier molecular flexibility index (Phi) is 10.4. The first kappa shape index (κ1) is 29.7. The first-order valence-electron chi connectivity index (χ1n) is 13.8. The van der Waals surface area contributed by atoms with Crippen LogP contribution >= 0.6 is 12.2 Å². The summed E-state index contributed by atoms with van der Waals surface area (Å²) in [6, 6.07) is 20.3. The molecule has 0 atom stereocenters. The van der Waals surface area contributed by atoms with E-state index in [1.54, 1.807) is 12.1 Å². The summed E-state index contributed by atoms with van der Waals surface area (Å²) >= 11 is 5.51. The Labute approximate surface area is 246 Å². The number of carbonyl (C=O) groups excluding carboxylic acids is 2. The van der Waals surface area contributed by atoms with Crippen molar-refractivity contribution < 1.29 is 23.8 Å². The molecule has 0 bridgehead atoms. The van der Waals surface area contributed by atoms with E-state index in [4.69, 9.17) is 26.4 Å². The van der Waals surface area contributed by atoms with Crippen molar-refractivity contribution >= 4 is 40.5 Å². The van der Waals surface area contributed by atoms with E-state index in [9.17, 15) is 9.59 Å². The lowest BCUT2D eigenvalue weighted by Gasteiger charge is -2.37. The Morgan fingerprint density at radius 2 is 1.37 bits per heavy atom. The van der Waals surface area contributed by atoms with Gasteiger partial charge in [-0.05, 0) is 69.4 Å². The number of amides is 2. The molecule has 0 saturated carbocycles. The molecule has 0 unspecified atom stereocenters. The molecule has 1 fully saturated rings. The van der Waals surface area contributed by atoms with Gasteiger partial charge in [-0.1, -0.05) is 30.3 Å². The fraction of sp³-hybridized carbons (Fsp3) is 0.323. The maximum atomic E-state index is 13.2. The van der Waals surface area contributed by atoms with Crippen LogP contribution in [0.5, 0.6) is 17.2 Å². The second kappa shape index (κ2) is 14.4. The molecule has 3 aromatic carbocycles. The van der Waals surface area contributed by atoms with Crippen molar-refractivity contribution in [2.24, 2.45) is 0 Å². The minimum Gasteiger partial charge on any atom is -0.490 e. The number of carbonyl (C=O) groups is 2. The van der Waals surface area contributed by atoms with Crippen LogP contribution in [0.25, 0.3) is 0 Å². The molecule has 2 N–H and O–H groups in total. The van der Waals surface area contributed by atoms with Crippen LogP contribution in [0.3, 0.4) is 0 Å². The van der Waals surface area contributed by atoms with Crippen LogP contribution < -0.4 is 29.7 Å². The van der Waals surface area contributed by atoms with Gasteiger partial charge in [-0.25, -0.2) is 0 Å². The van der Waals surface area contributed by atoms with E-state index in [0.717, 1.165) is 11.4 Å². The molecule has 9 nitrogen and oxygen atoms in total. The third-order valence-electron chi connectivity index (χ3n) is 6.48. The molecule has 1 aliphatic heterocycles. The standard InChI is InChI=1S/C31H36N4O5S/c1-4-38-26-20-23(21-27(39-5-2)28(26)40-6-3)29(36)33-31(41)32-24-14-10-11-15-25(24)34-16-18-35(19-17-34)30(37)22-12-8-7-9-13-22/h7-15,20-21H,4-6,16-19H2,1-3H3,(H2,32,33,36,41). The SMILES string of the molecule is CCOc1cc(C(=O)NC(=S)Nc2ccccc2N2CCN(C(=O)c3ccccc3)CC2)cc(OCC)c1OCC. The van der Waals surface area contributed by atoms with Crippen LogP contribution in [-0.2, 0) is 0 Å². The van der Waals surface area contributed by atoms with E-state index >= 15 is 0 Å². The summed E-state index contributed by atoms with van der Waals surface area (Å²) in [5.74, 6) is 0.958. The molecule has 1 heterocycles. The lowest BCUT2D eigenvalue weighted by molar-refractivity contribution is 0.0746. The highest BCUT2D eigenvalue weighted by molar-refractivity contribution is 7.80. The zero-order valence-corrected chi connectivity index (χ0v) is 24.5. The predicted molar refractivity (Wildman–Crippen MR) is 165 cm³/mol. The van der Waals surface area contributed by atoms with Gasteiger partial charge in [0.05, 0.1) is 31.2 Å². The van der Waals surface area contributed by atoms with Gasteiger partial charge in [0.25, 0.3) is 11.8 Å². The van der Waals surface area contributed by atoms with Crippen LogP contribution in [0.2, 0.25) is 0 Å². The quantitative estimate of drug-likeness (QED) is 0.327. The van der Waals surface area contributed by atoms with Crippen LogP contribution in [0.15, 0.2) is 66.7 Å². The minimum atomic E-state index is -0.405. The molecule has 3 aromatic rings. The van der Waals surface area contributed by atoms with Gasteiger partial charge in [0.2, 0.25) is 5.75 Å². The first-order valence-corrected chi connectivity index (χ1v) is 14.2. The van der Waals surface area contributed by atoms with Crippen molar-refractivity contribution in [3.8, 4) is 17.2 Å². The summed E-state index contributed by atoms with van der Waals surface area (Å²) in [6.07, 6.45) is 0. The Hall–Kier alpha value is -4.31. The van der Waals surface area contributed by atoms with Crippen LogP contribution in [0.4, 0.5) is 11.4 Å². The minimum absolute atomic E-state index is 0.0369. The maximum Gasteiger partial charge on any atom is 0.257 e. The van der Waals surface area contributed by atoms with Crippen molar-refractivity contribution in [2.45, 2.75) is 20.8 Å². The molecular weight excluding hydrogens is 540 g/mol. The third kappa shape index (κ3) is 7.46. The summed E-state index contributed by atoms with van der Waals surface area (Å²) in [5, 5.41) is 6.09. The van der Waals surface area contributed by atoms with E-state index in [-0.39, 0.29) is 11.0 Å². The number of hydrogen-bond donors (Lipinski definition) is 2. The second-order valence-corrected chi connectivity index (χ2v) is 9.58. The van der Waals surface area contributed by atoms with Crippen molar-refractivity contribution in [3.05, 3.63) is 77.9 Å². The largest absolute Gasteiger partial charge is 0.490 e. The summed E-state index contributed by atoms with van der Waals surface area (Å²) in [4.78, 5) is 30.1. The molecule has 0 radical (unpaired) electrons. The average molecular weight is 577 g/mol. The molecule has 4 rings (SSSR count). The number of benzene rings is 3. The molecule has 10 heteroatoms. The van der Waals surface area contributed by atoms with Crippen LogP contribution in [0, 0.1) is 0 Å². The molecule has 1 aliphatic rings. The number of nitrogens with zero attached hydrogens (tertiary/aromatic N) is 2. The predicted octanol–water partition coefficient (Wildman–Crippen LogP) is 4.97. The highest BCUT2D eigenvalue weighted by atomic mass is 32.1. The molecule has 216 valence electrons. The number of anilines is 2. The van der Waals surface area contributed by atoms with Crippen molar-refractivity contribution in [3.63, 3.8) is 0 Å². The smallest absolute Gasteiger partial charge is 0.257 e. The zero-order chi connectivity index (χ0) is 29.2. The summed E-state index contributed by atoms with van der Waals surface area (Å²) in [6.45, 7) is 9.38. The molecule has 0 aliphatic carbocycles. The van der Waals surface area contributed by atoms with E-state index in [1.165, 1.54) is 0 Å². The number of para-hydroxylation sites is 2. The summed E-state index contributed by atoms with van der Waals surface area (Å²) in [7, 11) is 0. The Balaban J connectivity index is 1.42. The highest BCUT2D eigenvalue weighted by Crippen LogP contribution is 2.39. The van der Waals surface area contributed by atoms with Gasteiger partial charge in [-0.3, -0.25) is 14.9 Å². The van der Waals surface area contributed by atoms with Gasteiger partial charge < -0.3 is 29.3 Å². The van der Waals surface area contributed by atoms with Gasteiger partial charge in [0.15, 0.2) is 16.6 Å². The van der Waals surface area contributed by atoms with Gasteiger partial charge in [0.1, 0.15) is 0 Å². The topological polar surface area (TPSA) is 92.4 Å². The number of hydrogen-bond acceptors (Lipinski definition) is 7. The van der Waals surface area contributed by atoms with Crippen molar-refractivity contribution in [1.29, 1.82) is 0 Å². The second-order valence-electron chi connectivity index (χ2n) is 9.17. The molecule has 0 aromatic heterocycles. The normalized spacial score (nSPS) is 12.9. The lowest BCUT2D eigenvalue weighted by atomic mass is 10.1. The van der Waals surface area contributed by atoms with E-state index in [1.807, 2.05) is 80.3 Å². The molecule has 2 amide bonds. The summed E-state index contributed by atoms with van der Waals surface area (Å²) in [5.41, 5.74) is 2.72. The number of thiocarbonyl (C=S) groups is 1. The van der Waals surface area contributed by atoms with Crippen LogP contribution in [-0.4, -0.2) is 67.8 Å². The number of nitrogens with one attached hydrogen (secondary N) is 2. The van der Waals surface area contributed by atoms with E-state index in [2.05, 4.69) is 15.5 Å². The van der Waals surface area contributed by atoms with Gasteiger partial charge in [0, 0.05) is 37.3 Å².